The Bertz CT molecular complexity index is 994. The summed E-state index contributed by atoms with van der Waals surface area (Å²) in [6, 6.07) is 15.1. The second-order valence-corrected chi connectivity index (χ2v) is 7.90. The summed E-state index contributed by atoms with van der Waals surface area (Å²) in [4.78, 5) is 13.4. The van der Waals surface area contributed by atoms with Gasteiger partial charge in [-0.2, -0.15) is 0 Å². The van der Waals surface area contributed by atoms with E-state index in [9.17, 15) is 4.79 Å². The maximum absolute atomic E-state index is 13.4. The molecule has 1 fully saturated rings. The van der Waals surface area contributed by atoms with Crippen molar-refractivity contribution in [3.05, 3.63) is 71.0 Å². The summed E-state index contributed by atoms with van der Waals surface area (Å²) in [6.45, 7) is -0.153. The molecule has 7 heteroatoms. The predicted octanol–water partition coefficient (Wildman–Crippen LogP) is 4.25. The van der Waals surface area contributed by atoms with Gasteiger partial charge in [0.2, 0.25) is 5.91 Å². The number of hydrogen-bond acceptors (Lipinski definition) is 4. The second kappa shape index (κ2) is 8.35. The molecule has 2 N–H and O–H groups in total. The van der Waals surface area contributed by atoms with E-state index in [1.807, 2.05) is 48.5 Å². The SMILES string of the molecule is O=C(Nc1ccc(-n2cc(CO)nn2)cc1)C1(c2cccc(Cl)c2)CCCCC1. The lowest BCUT2D eigenvalue weighted by molar-refractivity contribution is -0.122. The minimum Gasteiger partial charge on any atom is -0.390 e. The Balaban J connectivity index is 1.56. The number of halogens is 1. The summed E-state index contributed by atoms with van der Waals surface area (Å²) in [6.07, 6.45) is 6.51. The average Bonchev–Trinajstić information content (AvgIpc) is 3.24. The van der Waals surface area contributed by atoms with Crippen LogP contribution >= 0.6 is 11.6 Å². The second-order valence-electron chi connectivity index (χ2n) is 7.47. The van der Waals surface area contributed by atoms with E-state index in [2.05, 4.69) is 15.6 Å². The summed E-state index contributed by atoms with van der Waals surface area (Å²) in [5.74, 6) is 0.00976. The third-order valence-corrected chi connectivity index (χ3v) is 5.85. The first-order valence-corrected chi connectivity index (χ1v) is 10.2. The quantitative estimate of drug-likeness (QED) is 0.658. The highest BCUT2D eigenvalue weighted by Gasteiger charge is 2.41. The van der Waals surface area contributed by atoms with Gasteiger partial charge in [-0.25, -0.2) is 4.68 Å². The van der Waals surface area contributed by atoms with Crippen LogP contribution in [0.25, 0.3) is 5.69 Å². The monoisotopic (exact) mass is 410 g/mol. The van der Waals surface area contributed by atoms with Crippen LogP contribution in [0.15, 0.2) is 54.7 Å². The van der Waals surface area contributed by atoms with Crippen molar-refractivity contribution in [3.8, 4) is 5.69 Å². The lowest BCUT2D eigenvalue weighted by Gasteiger charge is -2.36. The fourth-order valence-corrected chi connectivity index (χ4v) is 4.22. The number of amides is 1. The molecule has 1 aliphatic carbocycles. The molecular formula is C22H23ClN4O2. The van der Waals surface area contributed by atoms with E-state index in [1.165, 1.54) is 0 Å². The number of rotatable bonds is 5. The van der Waals surface area contributed by atoms with Gasteiger partial charge in [0.05, 0.1) is 23.9 Å². The third kappa shape index (κ3) is 4.04. The molecule has 0 spiro atoms. The summed E-state index contributed by atoms with van der Waals surface area (Å²) < 4.78 is 1.59. The third-order valence-electron chi connectivity index (χ3n) is 5.61. The minimum atomic E-state index is -0.552. The van der Waals surface area contributed by atoms with Crippen molar-refractivity contribution in [1.29, 1.82) is 0 Å². The Hall–Kier alpha value is -2.70. The number of aromatic nitrogens is 3. The summed E-state index contributed by atoms with van der Waals surface area (Å²) >= 11 is 6.22. The normalized spacial score (nSPS) is 15.8. The standard InChI is InChI=1S/C22H23ClN4O2/c23-17-6-4-5-16(13-17)22(11-2-1-3-12-22)21(29)24-18-7-9-20(10-8-18)27-14-19(15-28)25-26-27/h4-10,13-14,28H,1-3,11-12,15H2,(H,24,29). The average molecular weight is 411 g/mol. The molecule has 2 aromatic carbocycles. The molecular weight excluding hydrogens is 388 g/mol. The number of hydrogen-bond donors (Lipinski definition) is 2. The number of benzene rings is 2. The van der Waals surface area contributed by atoms with E-state index < -0.39 is 5.41 Å². The van der Waals surface area contributed by atoms with Gasteiger partial charge in [0, 0.05) is 10.7 Å². The highest BCUT2D eigenvalue weighted by atomic mass is 35.5. The maximum atomic E-state index is 13.4. The van der Waals surface area contributed by atoms with E-state index >= 15 is 0 Å². The summed E-state index contributed by atoms with van der Waals surface area (Å²) in [5.41, 5.74) is 2.47. The van der Waals surface area contributed by atoms with Crippen molar-refractivity contribution in [1.82, 2.24) is 15.0 Å². The van der Waals surface area contributed by atoms with Crippen LogP contribution in [0.3, 0.4) is 0 Å². The van der Waals surface area contributed by atoms with Gasteiger partial charge in [0.15, 0.2) is 0 Å². The van der Waals surface area contributed by atoms with Gasteiger partial charge in [0.25, 0.3) is 0 Å². The van der Waals surface area contributed by atoms with Crippen molar-refractivity contribution in [2.75, 3.05) is 5.32 Å². The van der Waals surface area contributed by atoms with Gasteiger partial charge in [-0.15, -0.1) is 5.10 Å². The zero-order valence-electron chi connectivity index (χ0n) is 16.0. The lowest BCUT2D eigenvalue weighted by Crippen LogP contribution is -2.42. The molecule has 29 heavy (non-hydrogen) atoms. The van der Waals surface area contributed by atoms with E-state index in [1.54, 1.807) is 10.9 Å². The predicted molar refractivity (Wildman–Crippen MR) is 112 cm³/mol. The van der Waals surface area contributed by atoms with Crippen molar-refractivity contribution in [3.63, 3.8) is 0 Å². The molecule has 1 amide bonds. The molecule has 1 heterocycles. The van der Waals surface area contributed by atoms with Crippen LogP contribution in [-0.2, 0) is 16.8 Å². The van der Waals surface area contributed by atoms with E-state index in [4.69, 9.17) is 16.7 Å². The van der Waals surface area contributed by atoms with Crippen LogP contribution in [0.1, 0.15) is 43.4 Å². The number of carbonyl (C=O) groups excluding carboxylic acids is 1. The molecule has 150 valence electrons. The van der Waals surface area contributed by atoms with Crippen LogP contribution in [0.5, 0.6) is 0 Å². The first kappa shape index (κ1) is 19.6. The van der Waals surface area contributed by atoms with Crippen molar-refractivity contribution in [2.24, 2.45) is 0 Å². The molecule has 1 saturated carbocycles. The maximum Gasteiger partial charge on any atom is 0.235 e. The number of nitrogens with one attached hydrogen (secondary N) is 1. The number of nitrogens with zero attached hydrogens (tertiary/aromatic N) is 3. The molecule has 6 nitrogen and oxygen atoms in total. The van der Waals surface area contributed by atoms with Gasteiger partial charge in [0.1, 0.15) is 5.69 Å². The van der Waals surface area contributed by atoms with E-state index in [0.29, 0.717) is 10.7 Å². The van der Waals surface area contributed by atoms with Gasteiger partial charge < -0.3 is 10.4 Å². The molecule has 0 bridgehead atoms. The summed E-state index contributed by atoms with van der Waals surface area (Å²) in [7, 11) is 0. The van der Waals surface area contributed by atoms with Gasteiger partial charge in [-0.05, 0) is 54.8 Å². The fraction of sp³-hybridized carbons (Fsp3) is 0.318. The molecule has 0 radical (unpaired) electrons. The fourth-order valence-electron chi connectivity index (χ4n) is 4.03. The molecule has 0 saturated heterocycles. The molecule has 0 unspecified atom stereocenters. The molecule has 4 rings (SSSR count). The molecule has 1 aromatic heterocycles. The lowest BCUT2D eigenvalue weighted by atomic mass is 9.68. The van der Waals surface area contributed by atoms with Gasteiger partial charge in [-0.3, -0.25) is 4.79 Å². The molecule has 1 aliphatic rings. The van der Waals surface area contributed by atoms with Crippen LogP contribution < -0.4 is 5.32 Å². The number of anilines is 1. The topological polar surface area (TPSA) is 80.0 Å². The van der Waals surface area contributed by atoms with E-state index in [-0.39, 0.29) is 12.5 Å². The Morgan fingerprint density at radius 1 is 1.14 bits per heavy atom. The van der Waals surface area contributed by atoms with Crippen molar-refractivity contribution >= 4 is 23.2 Å². The smallest absolute Gasteiger partial charge is 0.235 e. The summed E-state index contributed by atoms with van der Waals surface area (Å²) in [5, 5.41) is 20.7. The Kier molecular flexibility index (Phi) is 5.65. The van der Waals surface area contributed by atoms with Crippen molar-refractivity contribution in [2.45, 2.75) is 44.1 Å². The first-order valence-electron chi connectivity index (χ1n) is 9.81. The Morgan fingerprint density at radius 2 is 1.90 bits per heavy atom. The highest BCUT2D eigenvalue weighted by Crippen LogP contribution is 2.41. The molecule has 0 aliphatic heterocycles. The largest absolute Gasteiger partial charge is 0.390 e. The highest BCUT2D eigenvalue weighted by molar-refractivity contribution is 6.30. The van der Waals surface area contributed by atoms with Crippen LogP contribution in [0.2, 0.25) is 5.02 Å². The first-order chi connectivity index (χ1) is 14.1. The van der Waals surface area contributed by atoms with E-state index in [0.717, 1.165) is 49.0 Å². The minimum absolute atomic E-state index is 0.00976. The molecule has 0 atom stereocenters. The van der Waals surface area contributed by atoms with Crippen molar-refractivity contribution < 1.29 is 9.90 Å². The Labute approximate surface area is 174 Å². The van der Waals surface area contributed by atoms with Gasteiger partial charge in [-0.1, -0.05) is 48.2 Å². The zero-order chi connectivity index (χ0) is 20.3. The number of carbonyl (C=O) groups is 1. The van der Waals surface area contributed by atoms with Crippen LogP contribution in [-0.4, -0.2) is 26.0 Å². The number of aliphatic hydroxyl groups excluding tert-OH is 1. The number of aliphatic hydroxyl groups is 1. The van der Waals surface area contributed by atoms with Crippen LogP contribution in [0.4, 0.5) is 5.69 Å². The Morgan fingerprint density at radius 3 is 2.55 bits per heavy atom. The zero-order valence-corrected chi connectivity index (χ0v) is 16.8. The molecule has 3 aromatic rings. The van der Waals surface area contributed by atoms with Gasteiger partial charge >= 0.3 is 0 Å². The van der Waals surface area contributed by atoms with Crippen LogP contribution in [0, 0.1) is 0 Å².